The smallest absolute Gasteiger partial charge is 0.153 e. The highest BCUT2D eigenvalue weighted by atomic mass is 35.5. The van der Waals surface area contributed by atoms with E-state index in [-0.39, 0.29) is 10.4 Å². The van der Waals surface area contributed by atoms with E-state index in [1.807, 2.05) is 63.5 Å². The van der Waals surface area contributed by atoms with Crippen LogP contribution in [0.25, 0.3) is 82.7 Å². The predicted octanol–water partition coefficient (Wildman–Crippen LogP) is 24.3. The zero-order valence-electron chi connectivity index (χ0n) is 47.1. The van der Waals surface area contributed by atoms with Crippen LogP contribution >= 0.6 is 91.3 Å². The standard InChI is InChI=1S/C68H70ClFN2S7/c1-11-15-23-41(13-3)35-45-29-31-49(73-45)55-47-37-52(76-65(47)56(50-32-30-46(74-50)36-42(14-4)24-16-12-2)48-38-54(78-66(48)55)67(7,8)44-27-21-18-22-28-44)64-40(6)34-53(77-64)68(9,10)58-59(69)60(70)57(61-62(58)72-79-71-61)51-33-39(5)63(75-51)43-25-19-17-20-26-43/h17-22,25-34,37-38,41-42H,11-16,23-24,35-36H2,1-10H3. The zero-order chi connectivity index (χ0) is 55.3. The van der Waals surface area contributed by atoms with Gasteiger partial charge in [-0.3, -0.25) is 0 Å². The van der Waals surface area contributed by atoms with Crippen LogP contribution in [0.1, 0.15) is 149 Å². The number of hydrogen-bond acceptors (Lipinski definition) is 9. The lowest BCUT2D eigenvalue weighted by molar-refractivity contribution is 0.452. The number of unbranched alkanes of at least 4 members (excludes halogenated alkanes) is 2. The highest BCUT2D eigenvalue weighted by molar-refractivity contribution is 7.28. The van der Waals surface area contributed by atoms with Gasteiger partial charge < -0.3 is 0 Å². The van der Waals surface area contributed by atoms with Gasteiger partial charge in [-0.15, -0.1) is 68.0 Å². The highest BCUT2D eigenvalue weighted by Gasteiger charge is 2.37. The van der Waals surface area contributed by atoms with Crippen molar-refractivity contribution in [3.05, 3.63) is 162 Å². The lowest BCUT2D eigenvalue weighted by Gasteiger charge is -2.26. The first-order chi connectivity index (χ1) is 38.1. The molecule has 0 aliphatic rings. The molecule has 4 aromatic carbocycles. The third-order valence-electron chi connectivity index (χ3n) is 16.6. The van der Waals surface area contributed by atoms with E-state index in [1.54, 1.807) is 22.7 Å². The maximum Gasteiger partial charge on any atom is 0.153 e. The van der Waals surface area contributed by atoms with Crippen molar-refractivity contribution in [2.45, 2.75) is 144 Å². The van der Waals surface area contributed by atoms with Gasteiger partial charge in [-0.25, -0.2) is 4.39 Å². The molecule has 0 aliphatic heterocycles. The Morgan fingerprint density at radius 3 is 1.70 bits per heavy atom. The molecule has 11 rings (SSSR count). The number of benzene rings is 4. The Labute approximate surface area is 500 Å². The third kappa shape index (κ3) is 10.7. The molecule has 0 aliphatic carbocycles. The molecule has 0 amide bonds. The van der Waals surface area contributed by atoms with Crippen molar-refractivity contribution in [3.63, 3.8) is 0 Å². The van der Waals surface area contributed by atoms with Crippen LogP contribution in [0.5, 0.6) is 0 Å². The minimum absolute atomic E-state index is 0.114. The van der Waals surface area contributed by atoms with Crippen LogP contribution in [0.3, 0.4) is 0 Å². The second-order valence-corrected chi connectivity index (χ2v) is 30.2. The van der Waals surface area contributed by atoms with Gasteiger partial charge in [0.2, 0.25) is 0 Å². The molecule has 2 nitrogen and oxygen atoms in total. The van der Waals surface area contributed by atoms with Gasteiger partial charge in [-0.1, -0.05) is 179 Å². The molecule has 0 bridgehead atoms. The minimum atomic E-state index is -0.696. The second kappa shape index (κ2) is 23.5. The Bertz CT molecular complexity index is 3820. The fourth-order valence-corrected chi connectivity index (χ4v) is 20.5. The van der Waals surface area contributed by atoms with Crippen molar-refractivity contribution in [2.75, 3.05) is 0 Å². The van der Waals surface area contributed by atoms with Crippen LogP contribution in [0, 0.1) is 31.5 Å². The summed E-state index contributed by atoms with van der Waals surface area (Å²) in [7, 11) is 0. The quantitative estimate of drug-likeness (QED) is 0.0717. The average molecular weight is 1190 g/mol. The average Bonchev–Trinajstić information content (AvgIpc) is 3.57. The summed E-state index contributed by atoms with van der Waals surface area (Å²) in [6, 6.07) is 40.6. The maximum absolute atomic E-state index is 17.3. The van der Waals surface area contributed by atoms with Crippen molar-refractivity contribution in [1.29, 1.82) is 0 Å². The van der Waals surface area contributed by atoms with Crippen LogP contribution in [0.15, 0.2) is 109 Å². The van der Waals surface area contributed by atoms with E-state index in [1.165, 1.54) is 128 Å². The van der Waals surface area contributed by atoms with Crippen LogP contribution < -0.4 is 0 Å². The maximum atomic E-state index is 17.3. The SMILES string of the molecule is CCCCC(CC)Cc1ccc(-c2c3cc(C(C)(C)c4ccccc4)sc3c(-c3ccc(CC(CC)CCCC)s3)c3cc(-c4sc(C(C)(C)c5c(Cl)c(F)c(-c6cc(C)c(-c7ccccc7)s6)c6nsnc56)cc4C)sc23)s1. The Balaban J connectivity index is 1.08. The summed E-state index contributed by atoms with van der Waals surface area (Å²) < 4.78 is 29.7. The van der Waals surface area contributed by atoms with E-state index in [0.717, 1.165) is 50.3 Å². The molecular weight excluding hydrogens is 1120 g/mol. The molecular formula is C68H70ClFN2S7. The van der Waals surface area contributed by atoms with E-state index in [0.29, 0.717) is 34.0 Å². The van der Waals surface area contributed by atoms with Crippen molar-refractivity contribution in [1.82, 2.24) is 8.75 Å². The number of aryl methyl sites for hydroxylation is 2. The van der Waals surface area contributed by atoms with Gasteiger partial charge in [0.1, 0.15) is 11.0 Å². The third-order valence-corrected chi connectivity index (χ3v) is 25.4. The zero-order valence-corrected chi connectivity index (χ0v) is 53.6. The number of aromatic nitrogens is 2. The first-order valence-corrected chi connectivity index (χ1v) is 34.3. The van der Waals surface area contributed by atoms with E-state index in [4.69, 9.17) is 20.3 Å². The van der Waals surface area contributed by atoms with E-state index >= 15 is 4.39 Å². The molecule has 0 spiro atoms. The van der Waals surface area contributed by atoms with Crippen LogP contribution in [0.2, 0.25) is 5.02 Å². The van der Waals surface area contributed by atoms with Crippen molar-refractivity contribution in [3.8, 4) is 51.5 Å². The molecule has 2 atom stereocenters. The fraction of sp³-hybridized carbons (Fsp3) is 0.353. The summed E-state index contributed by atoms with van der Waals surface area (Å²) in [4.78, 5) is 12.6. The van der Waals surface area contributed by atoms with Gasteiger partial charge in [-0.2, -0.15) is 8.75 Å². The Hall–Kier alpha value is -4.36. The Morgan fingerprint density at radius 2 is 1.09 bits per heavy atom. The molecule has 2 unspecified atom stereocenters. The summed E-state index contributed by atoms with van der Waals surface area (Å²) in [5, 5.41) is 2.80. The first kappa shape index (κ1) is 56.5. The van der Waals surface area contributed by atoms with Gasteiger partial charge in [0.25, 0.3) is 0 Å². The fourth-order valence-electron chi connectivity index (χ4n) is 11.8. The van der Waals surface area contributed by atoms with Crippen molar-refractivity contribution < 1.29 is 4.39 Å². The Kier molecular flexibility index (Phi) is 16.8. The molecule has 7 heterocycles. The summed E-state index contributed by atoms with van der Waals surface area (Å²) >= 11 is 19.8. The summed E-state index contributed by atoms with van der Waals surface area (Å²) in [5.74, 6) is 0.939. The topological polar surface area (TPSA) is 25.8 Å². The molecule has 0 radical (unpaired) electrons. The molecule has 0 saturated carbocycles. The summed E-state index contributed by atoms with van der Waals surface area (Å²) in [5.41, 5.74) is 8.91. The van der Waals surface area contributed by atoms with E-state index < -0.39 is 11.2 Å². The van der Waals surface area contributed by atoms with E-state index in [2.05, 4.69) is 160 Å². The van der Waals surface area contributed by atoms with Crippen LogP contribution in [-0.2, 0) is 23.7 Å². The van der Waals surface area contributed by atoms with Gasteiger partial charge in [0.05, 0.1) is 22.3 Å². The molecule has 11 aromatic rings. The molecule has 408 valence electrons. The van der Waals surface area contributed by atoms with Gasteiger partial charge in [0, 0.05) is 96.5 Å². The van der Waals surface area contributed by atoms with Crippen LogP contribution in [0.4, 0.5) is 4.39 Å². The normalized spacial score (nSPS) is 13.2. The molecule has 11 heteroatoms. The number of halogens is 2. The predicted molar refractivity (Wildman–Crippen MR) is 352 cm³/mol. The van der Waals surface area contributed by atoms with Gasteiger partial charge in [0.15, 0.2) is 5.82 Å². The molecule has 0 fully saturated rings. The number of fused-ring (bicyclic) bond motifs is 3. The van der Waals surface area contributed by atoms with Crippen molar-refractivity contribution in [2.24, 2.45) is 11.8 Å². The number of thiophene rings is 6. The molecule has 7 aromatic heterocycles. The minimum Gasteiger partial charge on any atom is -0.205 e. The monoisotopic (exact) mass is 1190 g/mol. The Morgan fingerprint density at radius 1 is 0.532 bits per heavy atom. The highest BCUT2D eigenvalue weighted by Crippen LogP contribution is 2.57. The lowest BCUT2D eigenvalue weighted by Crippen LogP contribution is -2.19. The largest absolute Gasteiger partial charge is 0.205 e. The van der Waals surface area contributed by atoms with Crippen molar-refractivity contribution >= 4 is 123 Å². The number of rotatable bonds is 21. The first-order valence-electron chi connectivity index (χ1n) is 28.3. The summed E-state index contributed by atoms with van der Waals surface area (Å²) in [6.45, 7) is 22.8. The van der Waals surface area contributed by atoms with Crippen LogP contribution in [-0.4, -0.2) is 8.75 Å². The number of hydrogen-bond donors (Lipinski definition) is 0. The number of nitrogens with zero attached hydrogens (tertiary/aromatic N) is 2. The molecule has 0 saturated heterocycles. The van der Waals surface area contributed by atoms with Gasteiger partial charge >= 0.3 is 0 Å². The second-order valence-electron chi connectivity index (χ2n) is 22.8. The summed E-state index contributed by atoms with van der Waals surface area (Å²) in [6.07, 6.45) is 12.3. The lowest BCUT2D eigenvalue weighted by atomic mass is 9.81. The van der Waals surface area contributed by atoms with Gasteiger partial charge in [-0.05, 0) is 109 Å². The molecule has 79 heavy (non-hydrogen) atoms. The molecule has 0 N–H and O–H groups in total. The van der Waals surface area contributed by atoms with E-state index in [9.17, 15) is 0 Å².